The lowest BCUT2D eigenvalue weighted by atomic mass is 9.79. The van der Waals surface area contributed by atoms with Crippen LogP contribution in [0.2, 0.25) is 0 Å². The van der Waals surface area contributed by atoms with Gasteiger partial charge in [-0.2, -0.15) is 0 Å². The summed E-state index contributed by atoms with van der Waals surface area (Å²) in [5, 5.41) is 20.4. The van der Waals surface area contributed by atoms with Gasteiger partial charge < -0.3 is 10.0 Å². The zero-order valence-corrected chi connectivity index (χ0v) is 9.35. The van der Waals surface area contributed by atoms with Crippen LogP contribution in [0, 0.1) is 0 Å². The van der Waals surface area contributed by atoms with Crippen molar-refractivity contribution in [2.75, 3.05) is 0 Å². The van der Waals surface area contributed by atoms with Gasteiger partial charge >= 0.3 is 7.12 Å². The number of hydrogen-bond acceptors (Lipinski definition) is 2. The van der Waals surface area contributed by atoms with Gasteiger partial charge in [0.2, 0.25) is 0 Å². The van der Waals surface area contributed by atoms with Crippen LogP contribution >= 0.6 is 0 Å². The third-order valence-electron chi connectivity index (χ3n) is 2.77. The first-order valence-corrected chi connectivity index (χ1v) is 5.59. The fraction of sp³-hybridized carbons (Fsp3) is 0.231. The third kappa shape index (κ3) is 2.26. The SMILES string of the molecule is CCCc1ccc2cc(B(O)O)ccc2c1. The van der Waals surface area contributed by atoms with Gasteiger partial charge in [0.25, 0.3) is 0 Å². The second kappa shape index (κ2) is 4.68. The van der Waals surface area contributed by atoms with Crippen LogP contribution in [-0.4, -0.2) is 17.2 Å². The molecule has 2 rings (SSSR count). The first-order chi connectivity index (χ1) is 7.70. The van der Waals surface area contributed by atoms with Crippen molar-refractivity contribution >= 4 is 23.4 Å². The molecule has 2 aromatic carbocycles. The molecule has 0 radical (unpaired) electrons. The minimum absolute atomic E-state index is 0.538. The highest BCUT2D eigenvalue weighted by Gasteiger charge is 2.10. The molecule has 2 N–H and O–H groups in total. The first-order valence-electron chi connectivity index (χ1n) is 5.59. The molecule has 0 amide bonds. The standard InChI is InChI=1S/C13H15BO2/c1-2-3-10-4-5-12-9-13(14(15)16)7-6-11(12)8-10/h4-9,15-16H,2-3H2,1H3. The Morgan fingerprint density at radius 2 is 1.69 bits per heavy atom. The maximum atomic E-state index is 9.08. The Labute approximate surface area is 95.7 Å². The Hall–Kier alpha value is -1.32. The lowest BCUT2D eigenvalue weighted by Gasteiger charge is -2.05. The second-order valence-corrected chi connectivity index (χ2v) is 4.06. The summed E-state index contributed by atoms with van der Waals surface area (Å²) in [5.41, 5.74) is 1.86. The number of benzene rings is 2. The van der Waals surface area contributed by atoms with Crippen LogP contribution in [0.25, 0.3) is 10.8 Å². The first kappa shape index (κ1) is 11.2. The molecule has 0 aliphatic heterocycles. The molecule has 0 saturated carbocycles. The Morgan fingerprint density at radius 1 is 1.00 bits per heavy atom. The lowest BCUT2D eigenvalue weighted by molar-refractivity contribution is 0.426. The summed E-state index contributed by atoms with van der Waals surface area (Å²) in [7, 11) is -1.39. The van der Waals surface area contributed by atoms with E-state index < -0.39 is 7.12 Å². The van der Waals surface area contributed by atoms with E-state index in [4.69, 9.17) is 10.0 Å². The average molecular weight is 214 g/mol. The average Bonchev–Trinajstić information content (AvgIpc) is 2.28. The van der Waals surface area contributed by atoms with E-state index in [0.29, 0.717) is 5.46 Å². The van der Waals surface area contributed by atoms with E-state index in [2.05, 4.69) is 19.1 Å². The maximum absolute atomic E-state index is 9.08. The Balaban J connectivity index is 2.44. The van der Waals surface area contributed by atoms with Gasteiger partial charge in [-0.3, -0.25) is 0 Å². The fourth-order valence-corrected chi connectivity index (χ4v) is 1.92. The van der Waals surface area contributed by atoms with Gasteiger partial charge in [0.05, 0.1) is 0 Å². The molecule has 16 heavy (non-hydrogen) atoms. The summed E-state index contributed by atoms with van der Waals surface area (Å²) < 4.78 is 0. The summed E-state index contributed by atoms with van der Waals surface area (Å²) in [6.07, 6.45) is 2.22. The van der Waals surface area contributed by atoms with Gasteiger partial charge in [-0.25, -0.2) is 0 Å². The Morgan fingerprint density at radius 3 is 2.38 bits per heavy atom. The minimum Gasteiger partial charge on any atom is -0.423 e. The summed E-state index contributed by atoms with van der Waals surface area (Å²) in [6.45, 7) is 2.16. The summed E-state index contributed by atoms with van der Waals surface area (Å²) >= 11 is 0. The highest BCUT2D eigenvalue weighted by atomic mass is 16.4. The monoisotopic (exact) mass is 214 g/mol. The van der Waals surface area contributed by atoms with Crippen molar-refractivity contribution in [2.24, 2.45) is 0 Å². The lowest BCUT2D eigenvalue weighted by Crippen LogP contribution is -2.29. The van der Waals surface area contributed by atoms with E-state index in [0.717, 1.165) is 23.6 Å². The number of hydrogen-bond donors (Lipinski definition) is 2. The molecule has 0 aliphatic carbocycles. The largest absolute Gasteiger partial charge is 0.488 e. The van der Waals surface area contributed by atoms with Gasteiger partial charge in [-0.1, -0.05) is 49.7 Å². The third-order valence-corrected chi connectivity index (χ3v) is 2.77. The van der Waals surface area contributed by atoms with Crippen LogP contribution in [0.4, 0.5) is 0 Å². The van der Waals surface area contributed by atoms with E-state index in [1.165, 1.54) is 5.56 Å². The molecule has 0 bridgehead atoms. The summed E-state index contributed by atoms with van der Waals surface area (Å²) in [6, 6.07) is 11.8. The minimum atomic E-state index is -1.39. The van der Waals surface area contributed by atoms with Crippen LogP contribution < -0.4 is 5.46 Å². The summed E-state index contributed by atoms with van der Waals surface area (Å²) in [4.78, 5) is 0. The van der Waals surface area contributed by atoms with Crippen LogP contribution in [0.3, 0.4) is 0 Å². The van der Waals surface area contributed by atoms with Gasteiger partial charge in [0.1, 0.15) is 0 Å². The molecule has 0 heterocycles. The predicted octanol–water partition coefficient (Wildman–Crippen LogP) is 1.47. The molecule has 0 saturated heterocycles. The van der Waals surface area contributed by atoms with E-state index >= 15 is 0 Å². The number of rotatable bonds is 3. The van der Waals surface area contributed by atoms with Crippen LogP contribution in [0.1, 0.15) is 18.9 Å². The zero-order chi connectivity index (χ0) is 11.5. The fourth-order valence-electron chi connectivity index (χ4n) is 1.92. The molecule has 82 valence electrons. The van der Waals surface area contributed by atoms with Gasteiger partial charge in [-0.05, 0) is 28.2 Å². The molecular weight excluding hydrogens is 199 g/mol. The molecule has 0 atom stereocenters. The molecule has 0 spiro atoms. The van der Waals surface area contributed by atoms with Crippen LogP contribution in [0.5, 0.6) is 0 Å². The van der Waals surface area contributed by atoms with Crippen LogP contribution in [-0.2, 0) is 6.42 Å². The highest BCUT2D eigenvalue weighted by Crippen LogP contribution is 2.16. The molecule has 0 aliphatic rings. The molecule has 2 aromatic rings. The van der Waals surface area contributed by atoms with Gasteiger partial charge in [0, 0.05) is 0 Å². The smallest absolute Gasteiger partial charge is 0.423 e. The van der Waals surface area contributed by atoms with Crippen molar-refractivity contribution in [1.29, 1.82) is 0 Å². The van der Waals surface area contributed by atoms with Crippen molar-refractivity contribution in [1.82, 2.24) is 0 Å². The predicted molar refractivity (Wildman–Crippen MR) is 67.8 cm³/mol. The zero-order valence-electron chi connectivity index (χ0n) is 9.35. The molecule has 3 heteroatoms. The molecular formula is C13H15BO2. The van der Waals surface area contributed by atoms with E-state index in [9.17, 15) is 0 Å². The number of fused-ring (bicyclic) bond motifs is 1. The van der Waals surface area contributed by atoms with E-state index in [1.807, 2.05) is 18.2 Å². The van der Waals surface area contributed by atoms with Crippen LogP contribution in [0.15, 0.2) is 36.4 Å². The maximum Gasteiger partial charge on any atom is 0.488 e. The molecule has 0 fully saturated rings. The Kier molecular flexibility index (Phi) is 3.27. The van der Waals surface area contributed by atoms with Gasteiger partial charge in [0.15, 0.2) is 0 Å². The van der Waals surface area contributed by atoms with Crippen molar-refractivity contribution in [3.05, 3.63) is 42.0 Å². The number of aryl methyl sites for hydroxylation is 1. The van der Waals surface area contributed by atoms with E-state index in [1.54, 1.807) is 6.07 Å². The molecule has 0 aromatic heterocycles. The van der Waals surface area contributed by atoms with E-state index in [-0.39, 0.29) is 0 Å². The van der Waals surface area contributed by atoms with Crippen molar-refractivity contribution in [2.45, 2.75) is 19.8 Å². The van der Waals surface area contributed by atoms with Crippen molar-refractivity contribution in [3.63, 3.8) is 0 Å². The summed E-state index contributed by atoms with van der Waals surface area (Å²) in [5.74, 6) is 0. The normalized spacial score (nSPS) is 10.7. The van der Waals surface area contributed by atoms with Crippen molar-refractivity contribution < 1.29 is 10.0 Å². The van der Waals surface area contributed by atoms with Crippen molar-refractivity contribution in [3.8, 4) is 0 Å². The highest BCUT2D eigenvalue weighted by molar-refractivity contribution is 6.58. The quantitative estimate of drug-likeness (QED) is 0.759. The molecule has 0 unspecified atom stereocenters. The molecule has 2 nitrogen and oxygen atoms in total. The van der Waals surface area contributed by atoms with Gasteiger partial charge in [-0.15, -0.1) is 0 Å². The second-order valence-electron chi connectivity index (χ2n) is 4.06. The Bertz CT molecular complexity index is 494. The topological polar surface area (TPSA) is 40.5 Å².